The molecule has 7 heteroatoms. The minimum atomic E-state index is -0.444. The highest BCUT2D eigenvalue weighted by Gasteiger charge is 2.11. The number of fused-ring (bicyclic) bond motifs is 1. The minimum Gasteiger partial charge on any atom is -0.494 e. The summed E-state index contributed by atoms with van der Waals surface area (Å²) in [5.41, 5.74) is 9.92. The molecule has 3 N–H and O–H groups in total. The van der Waals surface area contributed by atoms with Crippen LogP contribution in [-0.2, 0) is 6.54 Å². The molecule has 1 aliphatic heterocycles. The van der Waals surface area contributed by atoms with E-state index in [1.807, 2.05) is 12.1 Å². The van der Waals surface area contributed by atoms with Gasteiger partial charge in [0.15, 0.2) is 17.4 Å². The molecule has 0 fully saturated rings. The number of nitrogens with zero attached hydrogens (tertiary/aromatic N) is 2. The van der Waals surface area contributed by atoms with Gasteiger partial charge in [0.05, 0.1) is 12.8 Å². The molecular weight excluding hydrogens is 321 g/mol. The van der Waals surface area contributed by atoms with Gasteiger partial charge in [0, 0.05) is 24.0 Å². The Hall–Kier alpha value is -3.19. The van der Waals surface area contributed by atoms with Crippen LogP contribution in [0.5, 0.6) is 5.75 Å². The number of halogens is 1. The van der Waals surface area contributed by atoms with Crippen molar-refractivity contribution >= 4 is 17.2 Å². The van der Waals surface area contributed by atoms with Crippen molar-refractivity contribution < 1.29 is 9.13 Å². The topological polar surface area (TPSA) is 71.1 Å². The van der Waals surface area contributed by atoms with Gasteiger partial charge in [0.1, 0.15) is 5.82 Å². The van der Waals surface area contributed by atoms with Crippen LogP contribution in [0.1, 0.15) is 5.56 Å². The molecule has 1 aliphatic rings. The predicted octanol–water partition coefficient (Wildman–Crippen LogP) is 3.47. The van der Waals surface area contributed by atoms with Crippen LogP contribution in [0.2, 0.25) is 0 Å². The van der Waals surface area contributed by atoms with Crippen molar-refractivity contribution in [1.29, 1.82) is 0 Å². The molecular formula is C18H16FN5O. The van der Waals surface area contributed by atoms with Gasteiger partial charge in [-0.15, -0.1) is 0 Å². The maximum atomic E-state index is 13.9. The molecule has 3 aromatic rings. The van der Waals surface area contributed by atoms with E-state index in [2.05, 4.69) is 32.2 Å². The molecule has 2 aromatic carbocycles. The van der Waals surface area contributed by atoms with Crippen LogP contribution in [0.3, 0.4) is 0 Å². The van der Waals surface area contributed by atoms with E-state index in [0.29, 0.717) is 17.2 Å². The summed E-state index contributed by atoms with van der Waals surface area (Å²) in [6.07, 6.45) is 1.64. The maximum absolute atomic E-state index is 13.9. The first-order valence-electron chi connectivity index (χ1n) is 7.79. The first kappa shape index (κ1) is 15.3. The quantitative estimate of drug-likeness (QED) is 0.677. The van der Waals surface area contributed by atoms with Crippen molar-refractivity contribution in [2.75, 3.05) is 17.9 Å². The van der Waals surface area contributed by atoms with E-state index < -0.39 is 5.82 Å². The number of anilines is 3. The van der Waals surface area contributed by atoms with Gasteiger partial charge in [0.2, 0.25) is 0 Å². The van der Waals surface area contributed by atoms with Crippen LogP contribution < -0.4 is 20.9 Å². The number of aromatic nitrogens is 2. The van der Waals surface area contributed by atoms with Crippen molar-refractivity contribution in [3.8, 4) is 17.1 Å². The molecule has 25 heavy (non-hydrogen) atoms. The maximum Gasteiger partial charge on any atom is 0.165 e. The number of hydrazine groups is 1. The number of hydrogen-bond donors (Lipinski definition) is 3. The Morgan fingerprint density at radius 3 is 2.92 bits per heavy atom. The van der Waals surface area contributed by atoms with Gasteiger partial charge in [-0.1, -0.05) is 0 Å². The number of benzene rings is 2. The van der Waals surface area contributed by atoms with Crippen molar-refractivity contribution in [1.82, 2.24) is 15.4 Å². The van der Waals surface area contributed by atoms with Gasteiger partial charge >= 0.3 is 0 Å². The molecule has 4 rings (SSSR count). The van der Waals surface area contributed by atoms with Crippen LogP contribution in [0, 0.1) is 5.82 Å². The Balaban J connectivity index is 1.60. The molecule has 0 spiro atoms. The molecule has 0 saturated carbocycles. The zero-order valence-electron chi connectivity index (χ0n) is 13.5. The number of rotatable bonds is 4. The minimum absolute atomic E-state index is 0.193. The van der Waals surface area contributed by atoms with Gasteiger partial charge in [0.25, 0.3) is 0 Å². The van der Waals surface area contributed by atoms with Gasteiger partial charge in [-0.3, -0.25) is 0 Å². The predicted molar refractivity (Wildman–Crippen MR) is 94.2 cm³/mol. The molecule has 2 heterocycles. The molecule has 0 saturated heterocycles. The summed E-state index contributed by atoms with van der Waals surface area (Å²) in [7, 11) is 1.43. The molecule has 0 bridgehead atoms. The van der Waals surface area contributed by atoms with Gasteiger partial charge in [-0.05, 0) is 48.0 Å². The lowest BCUT2D eigenvalue weighted by atomic mass is 10.1. The standard InChI is InChI=1S/C18H16FN5O/c1-25-16-5-2-11(9-14(16)19)18-20-7-6-17(23-18)22-13-3-4-15-12(8-13)10-21-24-15/h2-9,21,24H,10H2,1H3,(H,20,22,23). The number of hydrogen-bond acceptors (Lipinski definition) is 6. The third-order valence-corrected chi connectivity index (χ3v) is 3.95. The summed E-state index contributed by atoms with van der Waals surface area (Å²) in [6, 6.07) is 12.4. The largest absolute Gasteiger partial charge is 0.494 e. The lowest BCUT2D eigenvalue weighted by Crippen LogP contribution is -2.10. The summed E-state index contributed by atoms with van der Waals surface area (Å²) in [5.74, 6) is 0.829. The summed E-state index contributed by atoms with van der Waals surface area (Å²) in [6.45, 7) is 0.769. The van der Waals surface area contributed by atoms with Crippen molar-refractivity contribution in [2.24, 2.45) is 0 Å². The van der Waals surface area contributed by atoms with E-state index in [-0.39, 0.29) is 5.75 Å². The fourth-order valence-electron chi connectivity index (χ4n) is 2.70. The van der Waals surface area contributed by atoms with Crippen LogP contribution >= 0.6 is 0 Å². The van der Waals surface area contributed by atoms with Crippen molar-refractivity contribution in [3.05, 3.63) is 60.0 Å². The Morgan fingerprint density at radius 1 is 1.16 bits per heavy atom. The Labute approximate surface area is 144 Å². The monoisotopic (exact) mass is 337 g/mol. The van der Waals surface area contributed by atoms with E-state index in [1.54, 1.807) is 24.4 Å². The number of nitrogens with one attached hydrogen (secondary N) is 3. The van der Waals surface area contributed by atoms with Crippen LogP contribution in [-0.4, -0.2) is 17.1 Å². The van der Waals surface area contributed by atoms with E-state index in [9.17, 15) is 4.39 Å². The smallest absolute Gasteiger partial charge is 0.165 e. The molecule has 0 amide bonds. The van der Waals surface area contributed by atoms with Crippen molar-refractivity contribution in [2.45, 2.75) is 6.54 Å². The molecule has 1 aromatic heterocycles. The molecule has 0 aliphatic carbocycles. The Kier molecular flexibility index (Phi) is 3.91. The van der Waals surface area contributed by atoms with Gasteiger partial charge in [-0.25, -0.2) is 19.8 Å². The zero-order chi connectivity index (χ0) is 17.2. The second-order valence-electron chi connectivity index (χ2n) is 5.59. The Bertz CT molecular complexity index is 931. The van der Waals surface area contributed by atoms with E-state index >= 15 is 0 Å². The normalized spacial score (nSPS) is 12.4. The summed E-state index contributed by atoms with van der Waals surface area (Å²) in [5, 5.41) is 3.26. The first-order valence-corrected chi connectivity index (χ1v) is 7.79. The fraction of sp³-hybridized carbons (Fsp3) is 0.111. The molecule has 0 unspecified atom stereocenters. The molecule has 6 nitrogen and oxygen atoms in total. The lowest BCUT2D eigenvalue weighted by Gasteiger charge is -2.09. The van der Waals surface area contributed by atoms with Crippen molar-refractivity contribution in [3.63, 3.8) is 0 Å². The third kappa shape index (κ3) is 3.09. The average Bonchev–Trinajstić information content (AvgIpc) is 3.09. The first-order chi connectivity index (χ1) is 12.2. The summed E-state index contributed by atoms with van der Waals surface area (Å²) >= 11 is 0. The highest BCUT2D eigenvalue weighted by atomic mass is 19.1. The summed E-state index contributed by atoms with van der Waals surface area (Å²) in [4.78, 5) is 8.69. The third-order valence-electron chi connectivity index (χ3n) is 3.95. The van der Waals surface area contributed by atoms with Crippen LogP contribution in [0.15, 0.2) is 48.7 Å². The molecule has 0 radical (unpaired) electrons. The highest BCUT2D eigenvalue weighted by molar-refractivity contribution is 5.66. The van der Waals surface area contributed by atoms with Gasteiger partial charge in [-0.2, -0.15) is 0 Å². The summed E-state index contributed by atoms with van der Waals surface area (Å²) < 4.78 is 18.8. The van der Waals surface area contributed by atoms with E-state index in [4.69, 9.17) is 4.74 Å². The van der Waals surface area contributed by atoms with Crippen LogP contribution in [0.4, 0.5) is 21.6 Å². The number of ether oxygens (including phenoxy) is 1. The average molecular weight is 337 g/mol. The second-order valence-corrected chi connectivity index (χ2v) is 5.59. The fourth-order valence-corrected chi connectivity index (χ4v) is 2.70. The lowest BCUT2D eigenvalue weighted by molar-refractivity contribution is 0.386. The van der Waals surface area contributed by atoms with E-state index in [0.717, 1.165) is 17.9 Å². The van der Waals surface area contributed by atoms with E-state index in [1.165, 1.54) is 18.7 Å². The number of methoxy groups -OCH3 is 1. The Morgan fingerprint density at radius 2 is 2.08 bits per heavy atom. The van der Waals surface area contributed by atoms with Gasteiger partial charge < -0.3 is 15.5 Å². The highest BCUT2D eigenvalue weighted by Crippen LogP contribution is 2.27. The zero-order valence-corrected chi connectivity index (χ0v) is 13.5. The molecule has 126 valence electrons. The SMILES string of the molecule is COc1ccc(-c2nccc(Nc3ccc4c(c3)CNN4)n2)cc1F. The second kappa shape index (κ2) is 6.37. The molecule has 0 atom stereocenters. The van der Waals surface area contributed by atoms with Crippen LogP contribution in [0.25, 0.3) is 11.4 Å².